The number of hydrogen-bond donors (Lipinski definition) is 0. The smallest absolute Gasteiger partial charge is 0.252 e. The second-order valence-electron chi connectivity index (χ2n) is 20.9. The van der Waals surface area contributed by atoms with Crippen LogP contribution < -0.4 is 26.2 Å². The molecule has 3 nitrogen and oxygen atoms in total. The largest absolute Gasteiger partial charge is 0.456 e. The zero-order valence-electron chi connectivity index (χ0n) is 36.3. The maximum absolute atomic E-state index is 6.78. The first-order chi connectivity index (χ1) is 26.7. The van der Waals surface area contributed by atoms with Gasteiger partial charge < -0.3 is 14.2 Å². The molecule has 0 saturated carbocycles. The Balaban J connectivity index is 1.37. The lowest BCUT2D eigenvalue weighted by atomic mass is 9.33. The van der Waals surface area contributed by atoms with E-state index in [2.05, 4.69) is 209 Å². The molecule has 1 aromatic heterocycles. The highest BCUT2D eigenvalue weighted by Gasteiger charge is 2.44. The first kappa shape index (κ1) is 37.4. The van der Waals surface area contributed by atoms with E-state index in [0.717, 1.165) is 22.2 Å². The molecule has 0 N–H and O–H groups in total. The van der Waals surface area contributed by atoms with Crippen LogP contribution in [0.5, 0.6) is 0 Å². The SMILES string of the molecule is Cc1cc2c3c(c1)N(c1ccc(C(C)(C)C)cc1)c1cc4c(cc1B3c1ccc(C(C)(C)C)cc1N2c1ccc(C(C)(C)C)cc1)oc1ccc(C(C)(C)C)cc14. The van der Waals surface area contributed by atoms with Crippen LogP contribution in [0.15, 0.2) is 114 Å². The number of anilines is 6. The molecule has 0 unspecified atom stereocenters. The van der Waals surface area contributed by atoms with Gasteiger partial charge in [0.1, 0.15) is 11.2 Å². The Bertz CT molecular complexity index is 2720. The van der Waals surface area contributed by atoms with Gasteiger partial charge in [0, 0.05) is 44.9 Å². The van der Waals surface area contributed by atoms with Gasteiger partial charge in [-0.2, -0.15) is 0 Å². The molecule has 0 fully saturated rings. The van der Waals surface area contributed by atoms with Gasteiger partial charge in [0.25, 0.3) is 6.71 Å². The van der Waals surface area contributed by atoms with Gasteiger partial charge in [-0.15, -0.1) is 0 Å². The molecule has 7 aromatic rings. The molecule has 0 spiro atoms. The molecule has 6 aromatic carbocycles. The third-order valence-corrected chi connectivity index (χ3v) is 12.5. The fourth-order valence-corrected chi connectivity index (χ4v) is 9.11. The summed E-state index contributed by atoms with van der Waals surface area (Å²) in [5, 5.41) is 2.32. The normalized spacial score (nSPS) is 14.3. The van der Waals surface area contributed by atoms with Crippen LogP contribution in [0, 0.1) is 6.92 Å². The summed E-state index contributed by atoms with van der Waals surface area (Å²) in [6.07, 6.45) is 0. The van der Waals surface area contributed by atoms with E-state index >= 15 is 0 Å². The summed E-state index contributed by atoms with van der Waals surface area (Å²) in [5.41, 5.74) is 19.7. The maximum atomic E-state index is 6.78. The Labute approximate surface area is 340 Å². The van der Waals surface area contributed by atoms with E-state index in [9.17, 15) is 0 Å². The monoisotopic (exact) mass is 748 g/mol. The van der Waals surface area contributed by atoms with Gasteiger partial charge in [-0.1, -0.05) is 126 Å². The van der Waals surface area contributed by atoms with Crippen molar-refractivity contribution in [2.75, 3.05) is 9.80 Å². The van der Waals surface area contributed by atoms with Crippen LogP contribution in [0.4, 0.5) is 34.1 Å². The number of fused-ring (bicyclic) bond motifs is 7. The average Bonchev–Trinajstić information content (AvgIpc) is 3.49. The molecule has 0 radical (unpaired) electrons. The quantitative estimate of drug-likeness (QED) is 0.164. The lowest BCUT2D eigenvalue weighted by Crippen LogP contribution is -2.61. The van der Waals surface area contributed by atoms with E-state index in [1.54, 1.807) is 0 Å². The van der Waals surface area contributed by atoms with Crippen LogP contribution in [0.1, 0.15) is 111 Å². The van der Waals surface area contributed by atoms with Gasteiger partial charge in [0.15, 0.2) is 0 Å². The molecule has 57 heavy (non-hydrogen) atoms. The van der Waals surface area contributed by atoms with E-state index < -0.39 is 0 Å². The predicted octanol–water partition coefficient (Wildman–Crippen LogP) is 13.2. The minimum absolute atomic E-state index is 0.00700. The van der Waals surface area contributed by atoms with Crippen molar-refractivity contribution in [2.24, 2.45) is 0 Å². The Kier molecular flexibility index (Phi) is 8.12. The summed E-state index contributed by atoms with van der Waals surface area (Å²) in [6.45, 7) is 29.8. The van der Waals surface area contributed by atoms with Crippen molar-refractivity contribution in [3.8, 4) is 0 Å². The summed E-state index contributed by atoms with van der Waals surface area (Å²) >= 11 is 0. The van der Waals surface area contributed by atoms with Crippen molar-refractivity contribution < 1.29 is 4.42 Å². The number of nitrogens with zero attached hydrogens (tertiary/aromatic N) is 2. The summed E-state index contributed by atoms with van der Waals surface area (Å²) in [6, 6.07) is 42.2. The van der Waals surface area contributed by atoms with Crippen LogP contribution in [-0.4, -0.2) is 6.71 Å². The molecule has 0 aliphatic carbocycles. The Morgan fingerprint density at radius 3 is 1.35 bits per heavy atom. The first-order valence-electron chi connectivity index (χ1n) is 20.8. The zero-order valence-corrected chi connectivity index (χ0v) is 36.3. The topological polar surface area (TPSA) is 19.6 Å². The zero-order chi connectivity index (χ0) is 40.6. The van der Waals surface area contributed by atoms with Crippen molar-refractivity contribution in [3.05, 3.63) is 137 Å². The first-order valence-corrected chi connectivity index (χ1v) is 20.8. The highest BCUT2D eigenvalue weighted by molar-refractivity contribution is 7.00. The molecule has 9 rings (SSSR count). The second-order valence-corrected chi connectivity index (χ2v) is 20.9. The molecule has 4 heteroatoms. The lowest BCUT2D eigenvalue weighted by Gasteiger charge is -2.45. The second kappa shape index (κ2) is 12.4. The Morgan fingerprint density at radius 2 is 0.842 bits per heavy atom. The van der Waals surface area contributed by atoms with Gasteiger partial charge in [0.05, 0.1) is 0 Å². The van der Waals surface area contributed by atoms with Crippen molar-refractivity contribution in [1.29, 1.82) is 0 Å². The molecule has 0 atom stereocenters. The minimum Gasteiger partial charge on any atom is -0.456 e. The van der Waals surface area contributed by atoms with Crippen molar-refractivity contribution >= 4 is 79.2 Å². The molecule has 0 amide bonds. The number of rotatable bonds is 2. The highest BCUT2D eigenvalue weighted by atomic mass is 16.3. The molecule has 0 saturated heterocycles. The van der Waals surface area contributed by atoms with Crippen molar-refractivity contribution in [2.45, 2.75) is 112 Å². The third-order valence-electron chi connectivity index (χ3n) is 12.5. The predicted molar refractivity (Wildman–Crippen MR) is 247 cm³/mol. The molecule has 0 bridgehead atoms. The van der Waals surface area contributed by atoms with Crippen molar-refractivity contribution in [1.82, 2.24) is 0 Å². The number of aryl methyl sites for hydroxylation is 1. The van der Waals surface area contributed by atoms with Crippen LogP contribution in [0.2, 0.25) is 0 Å². The third kappa shape index (κ3) is 6.10. The molecule has 2 aliphatic heterocycles. The Hall–Kier alpha value is -5.22. The number of benzene rings is 6. The highest BCUT2D eigenvalue weighted by Crippen LogP contribution is 2.47. The molecule has 2 aliphatic rings. The molecular formula is C53H57BN2O. The van der Waals surface area contributed by atoms with Gasteiger partial charge in [-0.25, -0.2) is 0 Å². The van der Waals surface area contributed by atoms with Crippen LogP contribution >= 0.6 is 0 Å². The van der Waals surface area contributed by atoms with E-state index in [4.69, 9.17) is 4.42 Å². The van der Waals surface area contributed by atoms with Gasteiger partial charge in [0.2, 0.25) is 0 Å². The standard InChI is InChI=1S/C53H57BN2O/c1-32-26-45-49-46(27-32)56(38-22-16-34(17-23-38)51(5,6)7)44-30-40-39-28-35(52(8,9)10)19-25-47(39)57-48(40)31-42(44)54(49)41-24-18-36(53(11,12)13)29-43(41)55(45)37-20-14-33(15-21-37)50(2,3)4/h14-31H,1-13H3. The van der Waals surface area contributed by atoms with Gasteiger partial charge in [-0.3, -0.25) is 0 Å². The van der Waals surface area contributed by atoms with Crippen LogP contribution in [0.3, 0.4) is 0 Å². The van der Waals surface area contributed by atoms with Crippen LogP contribution in [0.25, 0.3) is 21.9 Å². The van der Waals surface area contributed by atoms with E-state index in [0.29, 0.717) is 0 Å². The van der Waals surface area contributed by atoms with Gasteiger partial charge in [-0.05, 0) is 140 Å². The summed E-state index contributed by atoms with van der Waals surface area (Å²) < 4.78 is 6.78. The van der Waals surface area contributed by atoms with E-state index in [-0.39, 0.29) is 28.4 Å². The fraction of sp³-hybridized carbons (Fsp3) is 0.321. The van der Waals surface area contributed by atoms with Crippen molar-refractivity contribution in [3.63, 3.8) is 0 Å². The summed E-state index contributed by atoms with van der Waals surface area (Å²) in [5.74, 6) is 0. The molecular weight excluding hydrogens is 691 g/mol. The number of furan rings is 1. The number of hydrogen-bond acceptors (Lipinski definition) is 3. The summed E-state index contributed by atoms with van der Waals surface area (Å²) in [4.78, 5) is 5.07. The Morgan fingerprint density at radius 1 is 0.404 bits per heavy atom. The minimum atomic E-state index is -0.0122. The van der Waals surface area contributed by atoms with E-state index in [1.165, 1.54) is 78.0 Å². The lowest BCUT2D eigenvalue weighted by molar-refractivity contribution is 0.590. The van der Waals surface area contributed by atoms with Crippen LogP contribution in [-0.2, 0) is 21.7 Å². The average molecular weight is 749 g/mol. The fourth-order valence-electron chi connectivity index (χ4n) is 9.11. The summed E-state index contributed by atoms with van der Waals surface area (Å²) in [7, 11) is 0. The molecule has 288 valence electrons. The maximum Gasteiger partial charge on any atom is 0.252 e. The molecule has 3 heterocycles. The van der Waals surface area contributed by atoms with Gasteiger partial charge >= 0.3 is 0 Å². The van der Waals surface area contributed by atoms with E-state index in [1.807, 2.05) is 0 Å².